The van der Waals surface area contributed by atoms with Crippen molar-refractivity contribution in [3.63, 3.8) is 0 Å². The van der Waals surface area contributed by atoms with Crippen LogP contribution in [0.4, 0.5) is 5.69 Å². The number of allylic oxidation sites excluding steroid dienone is 2. The second-order valence-electron chi connectivity index (χ2n) is 3.84. The van der Waals surface area contributed by atoms with E-state index in [1.165, 1.54) is 0 Å². The summed E-state index contributed by atoms with van der Waals surface area (Å²) < 4.78 is 5.74. The van der Waals surface area contributed by atoms with Crippen molar-refractivity contribution in [1.29, 1.82) is 0 Å². The third-order valence-electron chi connectivity index (χ3n) is 2.76. The number of anilines is 1. The van der Waals surface area contributed by atoms with Crippen molar-refractivity contribution in [2.75, 3.05) is 5.32 Å². The van der Waals surface area contributed by atoms with Crippen molar-refractivity contribution in [3.05, 3.63) is 47.7 Å². The average Bonchev–Trinajstić information content (AvgIpc) is 2.45. The van der Waals surface area contributed by atoms with Gasteiger partial charge >= 0.3 is 0 Å². The molecule has 16 heavy (non-hydrogen) atoms. The minimum atomic E-state index is -0.0516. The first kappa shape index (κ1) is 9.21. The summed E-state index contributed by atoms with van der Waals surface area (Å²) in [6.07, 6.45) is 5.54. The number of carbonyl (C=O) groups is 1. The third kappa shape index (κ3) is 1.41. The molecule has 1 aromatic rings. The van der Waals surface area contributed by atoms with Crippen LogP contribution in [-0.2, 0) is 4.79 Å². The molecule has 3 nitrogen and oxygen atoms in total. The first-order chi connectivity index (χ1) is 7.84. The Bertz CT molecular complexity index is 514. The van der Waals surface area contributed by atoms with Crippen LogP contribution < -0.4 is 10.1 Å². The van der Waals surface area contributed by atoms with Gasteiger partial charge in [0.1, 0.15) is 5.76 Å². The van der Waals surface area contributed by atoms with E-state index in [2.05, 4.69) is 5.32 Å². The largest absolute Gasteiger partial charge is 0.455 e. The number of nitrogens with one attached hydrogen (secondary N) is 1. The summed E-state index contributed by atoms with van der Waals surface area (Å²) in [6, 6.07) is 7.47. The van der Waals surface area contributed by atoms with Crippen LogP contribution in [-0.4, -0.2) is 5.91 Å². The molecule has 1 aromatic carbocycles. The Morgan fingerprint density at radius 2 is 2.12 bits per heavy atom. The zero-order chi connectivity index (χ0) is 11.0. The zero-order valence-corrected chi connectivity index (χ0v) is 8.69. The van der Waals surface area contributed by atoms with E-state index in [0.717, 1.165) is 24.1 Å². The quantitative estimate of drug-likeness (QED) is 0.719. The molecular weight excluding hydrogens is 202 g/mol. The lowest BCUT2D eigenvalue weighted by molar-refractivity contribution is -0.113. The molecule has 0 radical (unpaired) electrons. The minimum absolute atomic E-state index is 0.0516. The average molecular weight is 213 g/mol. The lowest BCUT2D eigenvalue weighted by Gasteiger charge is -2.11. The molecule has 80 valence electrons. The Hall–Kier alpha value is -2.03. The normalized spacial score (nSPS) is 18.1. The molecule has 0 bridgehead atoms. The van der Waals surface area contributed by atoms with E-state index in [4.69, 9.17) is 4.74 Å². The van der Waals surface area contributed by atoms with Gasteiger partial charge in [-0.05, 0) is 31.1 Å². The molecule has 0 unspecified atom stereocenters. The van der Waals surface area contributed by atoms with Gasteiger partial charge in [-0.15, -0.1) is 0 Å². The van der Waals surface area contributed by atoms with E-state index in [0.29, 0.717) is 11.5 Å². The topological polar surface area (TPSA) is 38.3 Å². The van der Waals surface area contributed by atoms with Crippen molar-refractivity contribution in [1.82, 2.24) is 0 Å². The molecule has 3 heteroatoms. The fourth-order valence-electron chi connectivity index (χ4n) is 1.94. The summed E-state index contributed by atoms with van der Waals surface area (Å²) in [5.74, 6) is 1.32. The second-order valence-corrected chi connectivity index (χ2v) is 3.84. The lowest BCUT2D eigenvalue weighted by Crippen LogP contribution is -2.15. The van der Waals surface area contributed by atoms with Crippen molar-refractivity contribution in [2.45, 2.75) is 12.8 Å². The number of benzene rings is 1. The molecule has 2 aliphatic rings. The number of amides is 1. The van der Waals surface area contributed by atoms with E-state index in [9.17, 15) is 4.79 Å². The van der Waals surface area contributed by atoms with Crippen LogP contribution in [0.3, 0.4) is 0 Å². The highest BCUT2D eigenvalue weighted by molar-refractivity contribution is 6.06. The summed E-state index contributed by atoms with van der Waals surface area (Å²) in [5, 5.41) is 2.87. The zero-order valence-electron chi connectivity index (χ0n) is 8.69. The number of fused-ring (bicyclic) bond motifs is 1. The molecule has 0 fully saturated rings. The number of hydrogen-bond acceptors (Lipinski definition) is 2. The first-order valence-electron chi connectivity index (χ1n) is 5.32. The van der Waals surface area contributed by atoms with Crippen molar-refractivity contribution >= 4 is 11.6 Å². The summed E-state index contributed by atoms with van der Waals surface area (Å²) in [4.78, 5) is 11.9. The molecule has 0 atom stereocenters. The fraction of sp³-hybridized carbons (Fsp3) is 0.154. The molecular formula is C13H11NO2. The van der Waals surface area contributed by atoms with Crippen LogP contribution in [0, 0.1) is 0 Å². The smallest absolute Gasteiger partial charge is 0.255 e. The molecule has 1 aliphatic carbocycles. The van der Waals surface area contributed by atoms with Gasteiger partial charge in [-0.2, -0.15) is 0 Å². The highest BCUT2D eigenvalue weighted by Crippen LogP contribution is 2.32. The van der Waals surface area contributed by atoms with E-state index >= 15 is 0 Å². The van der Waals surface area contributed by atoms with E-state index < -0.39 is 0 Å². The van der Waals surface area contributed by atoms with E-state index in [1.54, 1.807) is 0 Å². The number of ether oxygens (including phenoxy) is 1. The SMILES string of the molecule is O=C1Nc2ccccc2OC2=C1CCC=C2. The van der Waals surface area contributed by atoms with Gasteiger partial charge in [0.15, 0.2) is 5.75 Å². The maximum absolute atomic E-state index is 11.9. The van der Waals surface area contributed by atoms with Crippen molar-refractivity contribution in [3.8, 4) is 5.75 Å². The van der Waals surface area contributed by atoms with Crippen molar-refractivity contribution in [2.24, 2.45) is 0 Å². The Labute approximate surface area is 93.4 Å². The van der Waals surface area contributed by atoms with Gasteiger partial charge in [-0.25, -0.2) is 0 Å². The van der Waals surface area contributed by atoms with Crippen LogP contribution in [0.5, 0.6) is 5.75 Å². The van der Waals surface area contributed by atoms with Crippen molar-refractivity contribution < 1.29 is 9.53 Å². The number of rotatable bonds is 0. The van der Waals surface area contributed by atoms with Crippen LogP contribution in [0.25, 0.3) is 0 Å². The highest BCUT2D eigenvalue weighted by atomic mass is 16.5. The van der Waals surface area contributed by atoms with Crippen LogP contribution in [0.15, 0.2) is 47.7 Å². The molecule has 1 N–H and O–H groups in total. The van der Waals surface area contributed by atoms with E-state index in [-0.39, 0.29) is 5.91 Å². The number of para-hydroxylation sites is 2. The molecule has 0 saturated heterocycles. The number of hydrogen-bond donors (Lipinski definition) is 1. The fourth-order valence-corrected chi connectivity index (χ4v) is 1.94. The third-order valence-corrected chi connectivity index (χ3v) is 2.76. The Morgan fingerprint density at radius 3 is 3.06 bits per heavy atom. The Balaban J connectivity index is 2.10. The molecule has 3 rings (SSSR count). The van der Waals surface area contributed by atoms with Gasteiger partial charge in [0, 0.05) is 0 Å². The Kier molecular flexibility index (Phi) is 2.03. The predicted molar refractivity (Wildman–Crippen MR) is 61.1 cm³/mol. The molecule has 0 aromatic heterocycles. The highest BCUT2D eigenvalue weighted by Gasteiger charge is 2.23. The van der Waals surface area contributed by atoms with Gasteiger partial charge < -0.3 is 10.1 Å². The van der Waals surface area contributed by atoms with Gasteiger partial charge in [0.05, 0.1) is 11.3 Å². The maximum Gasteiger partial charge on any atom is 0.255 e. The number of carbonyl (C=O) groups excluding carboxylic acids is 1. The summed E-state index contributed by atoms with van der Waals surface area (Å²) in [5.41, 5.74) is 1.47. The van der Waals surface area contributed by atoms with Gasteiger partial charge in [0.25, 0.3) is 5.91 Å². The second kappa shape index (κ2) is 3.52. The summed E-state index contributed by atoms with van der Waals surface area (Å²) in [7, 11) is 0. The van der Waals surface area contributed by atoms with Crippen LogP contribution in [0.2, 0.25) is 0 Å². The predicted octanol–water partition coefficient (Wildman–Crippen LogP) is 2.62. The lowest BCUT2D eigenvalue weighted by atomic mass is 10.0. The molecule has 0 spiro atoms. The monoisotopic (exact) mass is 213 g/mol. The molecule has 1 heterocycles. The first-order valence-corrected chi connectivity index (χ1v) is 5.32. The van der Waals surface area contributed by atoms with Crippen LogP contribution >= 0.6 is 0 Å². The molecule has 1 aliphatic heterocycles. The minimum Gasteiger partial charge on any atom is -0.455 e. The van der Waals surface area contributed by atoms with Gasteiger partial charge in [-0.1, -0.05) is 18.2 Å². The Morgan fingerprint density at radius 1 is 1.25 bits per heavy atom. The van der Waals surface area contributed by atoms with Crippen LogP contribution in [0.1, 0.15) is 12.8 Å². The standard InChI is InChI=1S/C13H11NO2/c15-13-9-5-1-3-7-11(9)16-12-8-4-2-6-10(12)14-13/h2-4,6-8H,1,5H2,(H,14,15). The van der Waals surface area contributed by atoms with Gasteiger partial charge in [-0.3, -0.25) is 4.79 Å². The maximum atomic E-state index is 11.9. The molecule has 0 saturated carbocycles. The van der Waals surface area contributed by atoms with Gasteiger partial charge in [0.2, 0.25) is 0 Å². The van der Waals surface area contributed by atoms with E-state index in [1.807, 2.05) is 36.4 Å². The summed E-state index contributed by atoms with van der Waals surface area (Å²) >= 11 is 0. The summed E-state index contributed by atoms with van der Waals surface area (Å²) in [6.45, 7) is 0. The molecule has 1 amide bonds.